The van der Waals surface area contributed by atoms with E-state index in [4.69, 9.17) is 14.6 Å². The Balaban J connectivity index is 2.05. The van der Waals surface area contributed by atoms with Crippen LogP contribution in [0.3, 0.4) is 0 Å². The molecule has 112 valence electrons. The summed E-state index contributed by atoms with van der Waals surface area (Å²) in [6.07, 6.45) is -4.97. The fraction of sp³-hybridized carbons (Fsp3) is 0.571. The Morgan fingerprint density at radius 1 is 1.25 bits per heavy atom. The summed E-state index contributed by atoms with van der Waals surface area (Å²) in [7, 11) is 0. The predicted octanol–water partition coefficient (Wildman–Crippen LogP) is -0.607. The number of aliphatic hydroxyl groups excluding tert-OH is 3. The van der Waals surface area contributed by atoms with Crippen molar-refractivity contribution in [2.45, 2.75) is 43.7 Å². The standard InChI is InChI=1S/C14H20O6/c1-14(18)12(17)11(16)10(7-15)20-13(14)19-8-9-5-3-2-4-6-9/h2-6,10-13,15-18H,7-8H2,1H3. The molecule has 1 aromatic rings. The van der Waals surface area contributed by atoms with E-state index in [0.717, 1.165) is 5.56 Å². The van der Waals surface area contributed by atoms with Crippen LogP contribution in [0.25, 0.3) is 0 Å². The zero-order valence-corrected chi connectivity index (χ0v) is 11.2. The van der Waals surface area contributed by atoms with E-state index in [2.05, 4.69) is 0 Å². The lowest BCUT2D eigenvalue weighted by molar-refractivity contribution is -0.338. The van der Waals surface area contributed by atoms with E-state index in [-0.39, 0.29) is 6.61 Å². The van der Waals surface area contributed by atoms with Crippen molar-refractivity contribution in [3.8, 4) is 0 Å². The molecule has 6 nitrogen and oxygen atoms in total. The Labute approximate surface area is 117 Å². The highest BCUT2D eigenvalue weighted by Gasteiger charge is 2.52. The van der Waals surface area contributed by atoms with E-state index in [9.17, 15) is 15.3 Å². The molecule has 0 aromatic heterocycles. The lowest BCUT2D eigenvalue weighted by atomic mass is 9.88. The van der Waals surface area contributed by atoms with Gasteiger partial charge in [-0.1, -0.05) is 30.3 Å². The van der Waals surface area contributed by atoms with E-state index in [0.29, 0.717) is 0 Å². The first kappa shape index (κ1) is 15.4. The molecule has 1 aliphatic rings. The number of hydrogen-bond acceptors (Lipinski definition) is 6. The molecule has 0 radical (unpaired) electrons. The minimum absolute atomic E-state index is 0.183. The lowest BCUT2D eigenvalue weighted by Crippen LogP contribution is -2.65. The molecule has 5 unspecified atom stereocenters. The van der Waals surface area contributed by atoms with E-state index >= 15 is 0 Å². The number of rotatable bonds is 4. The van der Waals surface area contributed by atoms with E-state index in [1.54, 1.807) is 0 Å². The van der Waals surface area contributed by atoms with Gasteiger partial charge in [-0.15, -0.1) is 0 Å². The van der Waals surface area contributed by atoms with E-state index in [1.807, 2.05) is 30.3 Å². The predicted molar refractivity (Wildman–Crippen MR) is 69.6 cm³/mol. The first-order valence-corrected chi connectivity index (χ1v) is 6.47. The number of ether oxygens (including phenoxy) is 2. The molecule has 1 saturated heterocycles. The van der Waals surface area contributed by atoms with Gasteiger partial charge in [0, 0.05) is 0 Å². The Morgan fingerprint density at radius 3 is 2.50 bits per heavy atom. The molecule has 1 fully saturated rings. The second kappa shape index (κ2) is 6.17. The molecule has 1 aliphatic heterocycles. The van der Waals surface area contributed by atoms with Gasteiger partial charge in [-0.25, -0.2) is 0 Å². The van der Waals surface area contributed by atoms with Crippen LogP contribution in [0.5, 0.6) is 0 Å². The van der Waals surface area contributed by atoms with Crippen LogP contribution >= 0.6 is 0 Å². The summed E-state index contributed by atoms with van der Waals surface area (Å²) in [4.78, 5) is 0. The van der Waals surface area contributed by atoms with Crippen molar-refractivity contribution in [1.82, 2.24) is 0 Å². The minimum atomic E-state index is -1.76. The zero-order chi connectivity index (χ0) is 14.8. The number of benzene rings is 1. The van der Waals surface area contributed by atoms with Crippen LogP contribution in [-0.2, 0) is 16.1 Å². The SMILES string of the molecule is CC1(O)C(OCc2ccccc2)OC(CO)C(O)C1O. The third-order valence-corrected chi connectivity index (χ3v) is 3.50. The highest BCUT2D eigenvalue weighted by molar-refractivity contribution is 5.13. The summed E-state index contributed by atoms with van der Waals surface area (Å²) in [5.41, 5.74) is -0.882. The van der Waals surface area contributed by atoms with Gasteiger partial charge in [0.05, 0.1) is 13.2 Å². The van der Waals surface area contributed by atoms with Crippen molar-refractivity contribution < 1.29 is 29.9 Å². The zero-order valence-electron chi connectivity index (χ0n) is 11.2. The molecule has 0 aliphatic carbocycles. The van der Waals surface area contributed by atoms with Gasteiger partial charge in [-0.05, 0) is 12.5 Å². The van der Waals surface area contributed by atoms with Gasteiger partial charge in [-0.2, -0.15) is 0 Å². The molecule has 20 heavy (non-hydrogen) atoms. The maximum absolute atomic E-state index is 10.2. The van der Waals surface area contributed by atoms with Crippen molar-refractivity contribution in [3.05, 3.63) is 35.9 Å². The van der Waals surface area contributed by atoms with Crippen molar-refractivity contribution in [1.29, 1.82) is 0 Å². The second-order valence-corrected chi connectivity index (χ2v) is 5.15. The first-order valence-electron chi connectivity index (χ1n) is 6.47. The van der Waals surface area contributed by atoms with E-state index < -0.39 is 36.8 Å². The normalized spacial score (nSPS) is 37.9. The van der Waals surface area contributed by atoms with Crippen LogP contribution in [0, 0.1) is 0 Å². The molecule has 4 N–H and O–H groups in total. The lowest BCUT2D eigenvalue weighted by Gasteiger charge is -2.45. The van der Waals surface area contributed by atoms with Crippen LogP contribution in [0.4, 0.5) is 0 Å². The van der Waals surface area contributed by atoms with Gasteiger partial charge in [0.2, 0.25) is 0 Å². The van der Waals surface area contributed by atoms with Gasteiger partial charge in [-0.3, -0.25) is 0 Å². The first-order chi connectivity index (χ1) is 9.46. The molecule has 0 amide bonds. The van der Waals surface area contributed by atoms with Crippen LogP contribution in [0.1, 0.15) is 12.5 Å². The highest BCUT2D eigenvalue weighted by Crippen LogP contribution is 2.30. The van der Waals surface area contributed by atoms with Gasteiger partial charge in [0.1, 0.15) is 23.9 Å². The van der Waals surface area contributed by atoms with Crippen LogP contribution < -0.4 is 0 Å². The van der Waals surface area contributed by atoms with Crippen molar-refractivity contribution in [3.63, 3.8) is 0 Å². The fourth-order valence-electron chi connectivity index (χ4n) is 2.17. The highest BCUT2D eigenvalue weighted by atomic mass is 16.7. The average molecular weight is 284 g/mol. The monoisotopic (exact) mass is 284 g/mol. The summed E-state index contributed by atoms with van der Waals surface area (Å²) in [5, 5.41) is 39.0. The summed E-state index contributed by atoms with van der Waals surface area (Å²) in [6.45, 7) is 1.03. The largest absolute Gasteiger partial charge is 0.394 e. The van der Waals surface area contributed by atoms with Crippen molar-refractivity contribution in [2.24, 2.45) is 0 Å². The molecule has 1 heterocycles. The summed E-state index contributed by atoms with van der Waals surface area (Å²) < 4.78 is 10.8. The third kappa shape index (κ3) is 3.01. The van der Waals surface area contributed by atoms with Crippen LogP contribution in [0.15, 0.2) is 30.3 Å². The molecule has 0 spiro atoms. The summed E-state index contributed by atoms with van der Waals surface area (Å²) in [6, 6.07) is 9.29. The number of aliphatic hydroxyl groups is 4. The smallest absolute Gasteiger partial charge is 0.189 e. The second-order valence-electron chi connectivity index (χ2n) is 5.15. The molecular formula is C14H20O6. The summed E-state index contributed by atoms with van der Waals surface area (Å²) >= 11 is 0. The Morgan fingerprint density at radius 2 is 1.90 bits per heavy atom. The Hall–Kier alpha value is -1.02. The Bertz CT molecular complexity index is 421. The third-order valence-electron chi connectivity index (χ3n) is 3.50. The quantitative estimate of drug-likeness (QED) is 0.589. The van der Waals surface area contributed by atoms with E-state index in [1.165, 1.54) is 6.92 Å². The minimum Gasteiger partial charge on any atom is -0.394 e. The molecular weight excluding hydrogens is 264 g/mol. The number of hydrogen-bond donors (Lipinski definition) is 4. The van der Waals surface area contributed by atoms with Crippen LogP contribution in [0.2, 0.25) is 0 Å². The molecule has 2 rings (SSSR count). The van der Waals surface area contributed by atoms with Crippen molar-refractivity contribution >= 4 is 0 Å². The van der Waals surface area contributed by atoms with Gasteiger partial charge < -0.3 is 29.9 Å². The van der Waals surface area contributed by atoms with Crippen LogP contribution in [-0.4, -0.2) is 57.2 Å². The van der Waals surface area contributed by atoms with Gasteiger partial charge in [0.25, 0.3) is 0 Å². The maximum atomic E-state index is 10.2. The molecule has 5 atom stereocenters. The molecule has 0 saturated carbocycles. The molecule has 1 aromatic carbocycles. The van der Waals surface area contributed by atoms with Gasteiger partial charge >= 0.3 is 0 Å². The van der Waals surface area contributed by atoms with Crippen molar-refractivity contribution in [2.75, 3.05) is 6.61 Å². The van der Waals surface area contributed by atoms with Gasteiger partial charge in [0.15, 0.2) is 6.29 Å². The topological polar surface area (TPSA) is 99.4 Å². The maximum Gasteiger partial charge on any atom is 0.189 e. The summed E-state index contributed by atoms with van der Waals surface area (Å²) in [5.74, 6) is 0. The molecule has 6 heteroatoms. The Kier molecular flexibility index (Phi) is 4.74. The average Bonchev–Trinajstić information content (AvgIpc) is 2.45. The fourth-order valence-corrected chi connectivity index (χ4v) is 2.17. The molecule has 0 bridgehead atoms.